The van der Waals surface area contributed by atoms with Gasteiger partial charge in [0, 0.05) is 5.69 Å². The molecule has 0 unspecified atom stereocenters. The Labute approximate surface area is 142 Å². The van der Waals surface area contributed by atoms with Crippen LogP contribution in [0.4, 0.5) is 5.69 Å². The minimum absolute atomic E-state index is 0.0143. The molecule has 0 fully saturated rings. The molecule has 24 heavy (non-hydrogen) atoms. The van der Waals surface area contributed by atoms with Crippen molar-refractivity contribution in [3.63, 3.8) is 0 Å². The third-order valence-electron chi connectivity index (χ3n) is 4.04. The molecule has 0 aliphatic heterocycles. The smallest absolute Gasteiger partial charge is 0.266 e. The van der Waals surface area contributed by atoms with Crippen LogP contribution >= 0.6 is 0 Å². The Morgan fingerprint density at radius 2 is 1.75 bits per heavy atom. The number of nitrogens with zero attached hydrogens (tertiary/aromatic N) is 1. The van der Waals surface area contributed by atoms with Gasteiger partial charge in [-0.2, -0.15) is 5.26 Å². The fourth-order valence-electron chi connectivity index (χ4n) is 2.46. The largest absolute Gasteiger partial charge is 0.507 e. The number of rotatable bonds is 3. The summed E-state index contributed by atoms with van der Waals surface area (Å²) >= 11 is 0. The van der Waals surface area contributed by atoms with E-state index >= 15 is 0 Å². The Morgan fingerprint density at radius 3 is 2.33 bits per heavy atom. The Morgan fingerprint density at radius 1 is 1.12 bits per heavy atom. The van der Waals surface area contributed by atoms with Crippen molar-refractivity contribution in [2.24, 2.45) is 0 Å². The van der Waals surface area contributed by atoms with Gasteiger partial charge in [0.1, 0.15) is 17.4 Å². The molecule has 2 N–H and O–H groups in total. The van der Waals surface area contributed by atoms with Crippen LogP contribution in [-0.2, 0) is 4.79 Å². The number of carbonyl (C=O) groups excluding carboxylic acids is 1. The molecule has 4 heteroatoms. The molecular weight excluding hydrogens is 300 g/mol. The lowest BCUT2D eigenvalue weighted by molar-refractivity contribution is -0.112. The molecule has 2 aromatic rings. The van der Waals surface area contributed by atoms with Crippen LogP contribution in [0.1, 0.15) is 27.8 Å². The first-order valence-electron chi connectivity index (χ1n) is 7.63. The molecule has 4 nitrogen and oxygen atoms in total. The second kappa shape index (κ2) is 7.01. The minimum Gasteiger partial charge on any atom is -0.507 e. The highest BCUT2D eigenvalue weighted by Crippen LogP contribution is 2.24. The van der Waals surface area contributed by atoms with Gasteiger partial charge in [0.15, 0.2) is 0 Å². The van der Waals surface area contributed by atoms with E-state index in [0.717, 1.165) is 11.1 Å². The third kappa shape index (κ3) is 3.64. The SMILES string of the molecule is Cc1cccc(NC(=O)C(C#N)=Cc2cc(C)c(O)c(C)c2)c1C. The molecule has 0 saturated carbocycles. The number of benzene rings is 2. The summed E-state index contributed by atoms with van der Waals surface area (Å²) in [5, 5.41) is 21.9. The zero-order valence-corrected chi connectivity index (χ0v) is 14.3. The fraction of sp³-hybridized carbons (Fsp3) is 0.200. The van der Waals surface area contributed by atoms with Gasteiger partial charge in [0.25, 0.3) is 5.91 Å². The summed E-state index contributed by atoms with van der Waals surface area (Å²) in [5.41, 5.74) is 4.86. The molecule has 0 aromatic heterocycles. The van der Waals surface area contributed by atoms with Gasteiger partial charge in [0.05, 0.1) is 0 Å². The molecular formula is C20H20N2O2. The number of nitrogens with one attached hydrogen (secondary N) is 1. The van der Waals surface area contributed by atoms with Gasteiger partial charge in [-0.15, -0.1) is 0 Å². The Bertz CT molecular complexity index is 851. The van der Waals surface area contributed by atoms with Crippen LogP contribution in [0.25, 0.3) is 6.08 Å². The summed E-state index contributed by atoms with van der Waals surface area (Å²) in [7, 11) is 0. The van der Waals surface area contributed by atoms with Gasteiger partial charge in [-0.1, -0.05) is 12.1 Å². The minimum atomic E-state index is -0.449. The van der Waals surface area contributed by atoms with Crippen molar-refractivity contribution in [2.75, 3.05) is 5.32 Å². The highest BCUT2D eigenvalue weighted by molar-refractivity contribution is 6.10. The molecule has 2 rings (SSSR count). The summed E-state index contributed by atoms with van der Waals surface area (Å²) in [4.78, 5) is 12.4. The molecule has 0 atom stereocenters. The van der Waals surface area contributed by atoms with Gasteiger partial charge >= 0.3 is 0 Å². The van der Waals surface area contributed by atoms with E-state index in [1.807, 2.05) is 38.1 Å². The van der Waals surface area contributed by atoms with Gasteiger partial charge < -0.3 is 10.4 Å². The van der Waals surface area contributed by atoms with E-state index in [9.17, 15) is 15.2 Å². The van der Waals surface area contributed by atoms with E-state index in [4.69, 9.17) is 0 Å². The first-order valence-corrected chi connectivity index (χ1v) is 7.63. The quantitative estimate of drug-likeness (QED) is 0.658. The summed E-state index contributed by atoms with van der Waals surface area (Å²) in [6.45, 7) is 7.45. The van der Waals surface area contributed by atoms with E-state index in [0.29, 0.717) is 22.4 Å². The number of aryl methyl sites for hydroxylation is 3. The normalized spacial score (nSPS) is 11.0. The predicted octanol–water partition coefficient (Wildman–Crippen LogP) is 4.17. The van der Waals surface area contributed by atoms with Crippen molar-refractivity contribution in [1.82, 2.24) is 0 Å². The van der Waals surface area contributed by atoms with Crippen molar-refractivity contribution in [2.45, 2.75) is 27.7 Å². The Balaban J connectivity index is 2.33. The molecule has 0 aliphatic rings. The average Bonchev–Trinajstić information content (AvgIpc) is 2.54. The molecule has 0 saturated heterocycles. The van der Waals surface area contributed by atoms with Crippen LogP contribution in [-0.4, -0.2) is 11.0 Å². The first-order chi connectivity index (χ1) is 11.3. The van der Waals surface area contributed by atoms with Gasteiger partial charge in [-0.25, -0.2) is 0 Å². The molecule has 2 aromatic carbocycles. The number of amides is 1. The maximum absolute atomic E-state index is 12.4. The average molecular weight is 320 g/mol. The summed E-state index contributed by atoms with van der Waals surface area (Å²) in [6.07, 6.45) is 1.53. The molecule has 0 spiro atoms. The number of phenols is 1. The predicted molar refractivity (Wildman–Crippen MR) is 95.7 cm³/mol. The number of aromatic hydroxyl groups is 1. The number of anilines is 1. The van der Waals surface area contributed by atoms with Crippen LogP contribution in [0.15, 0.2) is 35.9 Å². The van der Waals surface area contributed by atoms with Crippen molar-refractivity contribution in [3.05, 3.63) is 63.7 Å². The lowest BCUT2D eigenvalue weighted by Gasteiger charge is -2.10. The Hall–Kier alpha value is -3.06. The topological polar surface area (TPSA) is 73.1 Å². The second-order valence-electron chi connectivity index (χ2n) is 5.87. The standard InChI is InChI=1S/C20H20N2O2/c1-12-6-5-7-18(15(12)4)22-20(24)17(11-21)10-16-8-13(2)19(23)14(3)9-16/h5-10,23H,1-4H3,(H,22,24). The van der Waals surface area contributed by atoms with Crippen LogP contribution in [0.2, 0.25) is 0 Å². The van der Waals surface area contributed by atoms with Crippen LogP contribution in [0.3, 0.4) is 0 Å². The zero-order chi connectivity index (χ0) is 17.9. The molecule has 0 radical (unpaired) electrons. The lowest BCUT2D eigenvalue weighted by Crippen LogP contribution is -2.14. The number of nitriles is 1. The van der Waals surface area contributed by atoms with E-state index in [-0.39, 0.29) is 11.3 Å². The molecule has 0 bridgehead atoms. The number of carbonyl (C=O) groups is 1. The highest BCUT2D eigenvalue weighted by Gasteiger charge is 2.12. The molecule has 122 valence electrons. The van der Waals surface area contributed by atoms with Gasteiger partial charge in [-0.05, 0) is 79.8 Å². The van der Waals surface area contributed by atoms with E-state index in [2.05, 4.69) is 5.32 Å². The summed E-state index contributed by atoms with van der Waals surface area (Å²) < 4.78 is 0. The highest BCUT2D eigenvalue weighted by atomic mass is 16.3. The lowest BCUT2D eigenvalue weighted by atomic mass is 10.0. The number of phenolic OH excluding ortho intramolecular Hbond substituents is 1. The van der Waals surface area contributed by atoms with Crippen LogP contribution in [0, 0.1) is 39.0 Å². The van der Waals surface area contributed by atoms with Gasteiger partial charge in [0.2, 0.25) is 0 Å². The Kier molecular flexibility index (Phi) is 5.05. The van der Waals surface area contributed by atoms with Crippen molar-refractivity contribution in [1.29, 1.82) is 5.26 Å². The van der Waals surface area contributed by atoms with Crippen molar-refractivity contribution >= 4 is 17.7 Å². The van der Waals surface area contributed by atoms with Crippen LogP contribution < -0.4 is 5.32 Å². The maximum Gasteiger partial charge on any atom is 0.266 e. The summed E-state index contributed by atoms with van der Waals surface area (Å²) in [5.74, 6) is -0.222. The van der Waals surface area contributed by atoms with Gasteiger partial charge in [-0.3, -0.25) is 4.79 Å². The third-order valence-corrected chi connectivity index (χ3v) is 4.04. The van der Waals surface area contributed by atoms with E-state index in [1.165, 1.54) is 6.08 Å². The van der Waals surface area contributed by atoms with E-state index < -0.39 is 5.91 Å². The molecule has 0 heterocycles. The van der Waals surface area contributed by atoms with Crippen LogP contribution in [0.5, 0.6) is 5.75 Å². The number of hydrogen-bond donors (Lipinski definition) is 2. The molecule has 1 amide bonds. The zero-order valence-electron chi connectivity index (χ0n) is 14.3. The second-order valence-corrected chi connectivity index (χ2v) is 5.87. The van der Waals surface area contributed by atoms with Crippen molar-refractivity contribution in [3.8, 4) is 11.8 Å². The summed E-state index contributed by atoms with van der Waals surface area (Å²) in [6, 6.07) is 11.1. The monoisotopic (exact) mass is 320 g/mol. The fourth-order valence-corrected chi connectivity index (χ4v) is 2.46. The van der Waals surface area contributed by atoms with E-state index in [1.54, 1.807) is 26.0 Å². The molecule has 0 aliphatic carbocycles. The first kappa shape index (κ1) is 17.3. The number of hydrogen-bond acceptors (Lipinski definition) is 3. The van der Waals surface area contributed by atoms with Crippen molar-refractivity contribution < 1.29 is 9.90 Å². The maximum atomic E-state index is 12.4.